The van der Waals surface area contributed by atoms with Gasteiger partial charge in [-0.3, -0.25) is 4.79 Å². The fourth-order valence-electron chi connectivity index (χ4n) is 4.94. The topological polar surface area (TPSA) is 84.4 Å². The summed E-state index contributed by atoms with van der Waals surface area (Å²) in [6.07, 6.45) is 1.09. The Bertz CT molecular complexity index is 1350. The maximum absolute atomic E-state index is 13.8. The van der Waals surface area contributed by atoms with Crippen molar-refractivity contribution in [3.05, 3.63) is 107 Å². The van der Waals surface area contributed by atoms with Gasteiger partial charge in [0.15, 0.2) is 0 Å². The second-order valence-corrected chi connectivity index (χ2v) is 9.26. The molecular weight excluding hydrogens is 436 g/mol. The first-order valence-corrected chi connectivity index (χ1v) is 11.9. The van der Waals surface area contributed by atoms with Crippen molar-refractivity contribution in [2.45, 2.75) is 38.4 Å². The van der Waals surface area contributed by atoms with Crippen LogP contribution in [-0.2, 0) is 31.2 Å². The van der Waals surface area contributed by atoms with E-state index >= 15 is 0 Å². The molecular formula is C29H30N4O2. The van der Waals surface area contributed by atoms with Gasteiger partial charge in [-0.1, -0.05) is 66.7 Å². The number of nitrogens with two attached hydrogens (primary N) is 1. The lowest BCUT2D eigenvalue weighted by Gasteiger charge is -2.38. The van der Waals surface area contributed by atoms with Crippen LogP contribution in [-0.4, -0.2) is 31.5 Å². The molecule has 178 valence electrons. The summed E-state index contributed by atoms with van der Waals surface area (Å²) >= 11 is 0. The molecule has 4 aromatic rings. The third kappa shape index (κ3) is 4.45. The second kappa shape index (κ2) is 9.39. The number of amides is 1. The molecule has 2 atom stereocenters. The standard InChI is InChI=1S/C29H30N4O2/c1-19-27(21-8-4-3-5-9-21)31-28(32(19)2)26-17-22-10-6-7-11-23(22)18-33(26)29(35)25(30)16-20-12-14-24(34)15-13-20/h3-15,25-26,34H,16-18,30H2,1-2H3/t25-,26-/m0/s1. The fraction of sp³-hybridized carbons (Fsp3) is 0.241. The Labute approximate surface area is 205 Å². The maximum atomic E-state index is 13.8. The molecule has 0 fully saturated rings. The van der Waals surface area contributed by atoms with E-state index in [9.17, 15) is 9.90 Å². The lowest BCUT2D eigenvalue weighted by Crippen LogP contribution is -2.48. The van der Waals surface area contributed by atoms with Crippen LogP contribution in [0.4, 0.5) is 0 Å². The van der Waals surface area contributed by atoms with Gasteiger partial charge in [-0.05, 0) is 42.2 Å². The maximum Gasteiger partial charge on any atom is 0.240 e. The zero-order valence-electron chi connectivity index (χ0n) is 20.1. The minimum absolute atomic E-state index is 0.0977. The molecule has 0 saturated heterocycles. The van der Waals surface area contributed by atoms with E-state index < -0.39 is 6.04 Å². The van der Waals surface area contributed by atoms with Crippen LogP contribution in [0, 0.1) is 6.92 Å². The molecule has 0 aliphatic carbocycles. The summed E-state index contributed by atoms with van der Waals surface area (Å²) in [5.74, 6) is 0.959. The van der Waals surface area contributed by atoms with Crippen molar-refractivity contribution < 1.29 is 9.90 Å². The van der Waals surface area contributed by atoms with Gasteiger partial charge in [-0.2, -0.15) is 0 Å². The number of phenols is 1. The van der Waals surface area contributed by atoms with Gasteiger partial charge in [0.2, 0.25) is 5.91 Å². The van der Waals surface area contributed by atoms with Gasteiger partial charge in [0, 0.05) is 31.3 Å². The number of hydrogen-bond donors (Lipinski definition) is 2. The number of fused-ring (bicyclic) bond motifs is 1. The van der Waals surface area contributed by atoms with E-state index in [-0.39, 0.29) is 17.7 Å². The van der Waals surface area contributed by atoms with E-state index in [0.717, 1.165) is 33.9 Å². The highest BCUT2D eigenvalue weighted by molar-refractivity contribution is 5.83. The van der Waals surface area contributed by atoms with Crippen molar-refractivity contribution in [3.63, 3.8) is 0 Å². The number of benzene rings is 3. The van der Waals surface area contributed by atoms with Crippen molar-refractivity contribution >= 4 is 5.91 Å². The summed E-state index contributed by atoms with van der Waals surface area (Å²) < 4.78 is 2.10. The third-order valence-electron chi connectivity index (χ3n) is 7.00. The molecule has 3 aromatic carbocycles. The molecule has 0 unspecified atom stereocenters. The number of rotatable bonds is 5. The number of phenolic OH excluding ortho intramolecular Hbond substituents is 1. The predicted octanol–water partition coefficient (Wildman–Crippen LogP) is 4.30. The van der Waals surface area contributed by atoms with E-state index in [2.05, 4.69) is 35.8 Å². The summed E-state index contributed by atoms with van der Waals surface area (Å²) in [4.78, 5) is 20.7. The van der Waals surface area contributed by atoms with E-state index in [4.69, 9.17) is 10.7 Å². The van der Waals surface area contributed by atoms with Gasteiger partial charge >= 0.3 is 0 Å². The Morgan fingerprint density at radius 2 is 1.69 bits per heavy atom. The summed E-state index contributed by atoms with van der Waals surface area (Å²) in [5, 5.41) is 9.57. The van der Waals surface area contributed by atoms with Crippen LogP contribution in [0.15, 0.2) is 78.9 Å². The lowest BCUT2D eigenvalue weighted by atomic mass is 9.92. The Morgan fingerprint density at radius 1 is 1.03 bits per heavy atom. The molecule has 6 nitrogen and oxygen atoms in total. The smallest absolute Gasteiger partial charge is 0.240 e. The van der Waals surface area contributed by atoms with Gasteiger partial charge in [0.1, 0.15) is 11.6 Å². The molecule has 5 rings (SSSR count). The molecule has 1 aliphatic rings. The number of carbonyl (C=O) groups is 1. The minimum atomic E-state index is -0.692. The van der Waals surface area contributed by atoms with Crippen molar-refractivity contribution in [1.82, 2.24) is 14.5 Å². The zero-order valence-corrected chi connectivity index (χ0v) is 20.1. The van der Waals surface area contributed by atoms with Gasteiger partial charge in [0.05, 0.1) is 17.8 Å². The molecule has 6 heteroatoms. The Kier molecular flexibility index (Phi) is 6.14. The van der Waals surface area contributed by atoms with Gasteiger partial charge < -0.3 is 20.3 Å². The number of aromatic nitrogens is 2. The minimum Gasteiger partial charge on any atom is -0.508 e. The van der Waals surface area contributed by atoms with Crippen LogP contribution in [0.1, 0.15) is 34.3 Å². The molecule has 1 amide bonds. The average molecular weight is 467 g/mol. The number of imidazole rings is 1. The predicted molar refractivity (Wildman–Crippen MR) is 137 cm³/mol. The highest BCUT2D eigenvalue weighted by Crippen LogP contribution is 2.35. The molecule has 35 heavy (non-hydrogen) atoms. The highest BCUT2D eigenvalue weighted by atomic mass is 16.3. The first-order chi connectivity index (χ1) is 16.9. The van der Waals surface area contributed by atoms with Crippen molar-refractivity contribution in [2.75, 3.05) is 0 Å². The van der Waals surface area contributed by atoms with Gasteiger partial charge in [-0.25, -0.2) is 4.98 Å². The van der Waals surface area contributed by atoms with E-state index in [1.807, 2.05) is 42.3 Å². The van der Waals surface area contributed by atoms with E-state index in [1.165, 1.54) is 5.56 Å². The summed E-state index contributed by atoms with van der Waals surface area (Å²) in [5.41, 5.74) is 12.8. The molecule has 0 spiro atoms. The Morgan fingerprint density at radius 3 is 2.40 bits per heavy atom. The molecule has 2 heterocycles. The third-order valence-corrected chi connectivity index (χ3v) is 7.00. The molecule has 3 N–H and O–H groups in total. The van der Waals surface area contributed by atoms with Crippen molar-refractivity contribution in [1.29, 1.82) is 0 Å². The fourth-order valence-corrected chi connectivity index (χ4v) is 4.94. The van der Waals surface area contributed by atoms with Crippen LogP contribution in [0.3, 0.4) is 0 Å². The summed E-state index contributed by atoms with van der Waals surface area (Å²) in [6.45, 7) is 2.56. The lowest BCUT2D eigenvalue weighted by molar-refractivity contribution is -0.136. The Hall–Kier alpha value is -3.90. The Balaban J connectivity index is 1.50. The number of carbonyl (C=O) groups excluding carboxylic acids is 1. The number of nitrogens with zero attached hydrogens (tertiary/aromatic N) is 3. The van der Waals surface area contributed by atoms with Crippen LogP contribution >= 0.6 is 0 Å². The van der Waals surface area contributed by atoms with Crippen LogP contribution in [0.2, 0.25) is 0 Å². The monoisotopic (exact) mass is 466 g/mol. The van der Waals surface area contributed by atoms with Crippen LogP contribution in [0.5, 0.6) is 5.75 Å². The molecule has 0 bridgehead atoms. The van der Waals surface area contributed by atoms with E-state index in [0.29, 0.717) is 19.4 Å². The van der Waals surface area contributed by atoms with Crippen molar-refractivity contribution in [2.24, 2.45) is 12.8 Å². The zero-order chi connectivity index (χ0) is 24.5. The second-order valence-electron chi connectivity index (χ2n) is 9.26. The summed E-state index contributed by atoms with van der Waals surface area (Å²) in [7, 11) is 2.02. The molecule has 1 aromatic heterocycles. The van der Waals surface area contributed by atoms with Gasteiger partial charge in [0.25, 0.3) is 0 Å². The average Bonchev–Trinajstić information content (AvgIpc) is 3.18. The SMILES string of the molecule is Cc1c(-c2ccccc2)nc([C@@H]2Cc3ccccc3CN2C(=O)[C@@H](N)Cc2ccc(O)cc2)n1C. The number of aromatic hydroxyl groups is 1. The molecule has 1 aliphatic heterocycles. The van der Waals surface area contributed by atoms with Crippen molar-refractivity contribution in [3.8, 4) is 17.0 Å². The summed E-state index contributed by atoms with van der Waals surface area (Å²) in [6, 6.07) is 24.4. The normalized spacial score (nSPS) is 16.1. The highest BCUT2D eigenvalue weighted by Gasteiger charge is 2.36. The molecule has 0 radical (unpaired) electrons. The van der Waals surface area contributed by atoms with Gasteiger partial charge in [-0.15, -0.1) is 0 Å². The largest absolute Gasteiger partial charge is 0.508 e. The van der Waals surface area contributed by atoms with E-state index in [1.54, 1.807) is 24.3 Å². The van der Waals surface area contributed by atoms with Crippen LogP contribution in [0.25, 0.3) is 11.3 Å². The molecule has 0 saturated carbocycles. The van der Waals surface area contributed by atoms with Crippen LogP contribution < -0.4 is 5.73 Å². The number of hydrogen-bond acceptors (Lipinski definition) is 4. The first-order valence-electron chi connectivity index (χ1n) is 11.9. The first kappa shape index (κ1) is 22.9. The quantitative estimate of drug-likeness (QED) is 0.459.